The second kappa shape index (κ2) is 36.6. The van der Waals surface area contributed by atoms with Crippen molar-refractivity contribution in [1.29, 1.82) is 0 Å². The van der Waals surface area contributed by atoms with Crippen molar-refractivity contribution in [2.45, 2.75) is 41.2 Å². The highest BCUT2D eigenvalue weighted by atomic mass is 79.9. The molecule has 7 N–H and O–H groups in total. The molecule has 0 saturated heterocycles. The molecule has 9 aromatic rings. The maximum absolute atomic E-state index is 11.6. The van der Waals surface area contributed by atoms with Gasteiger partial charge in [-0.3, -0.25) is 0 Å². The number of rotatable bonds is 15. The van der Waals surface area contributed by atoms with Crippen molar-refractivity contribution in [3.05, 3.63) is 258 Å². The number of carbonyl (C=O) groups is 3. The number of carboxylic acids is 1. The molecule has 0 radical (unpaired) electrons. The first-order valence-corrected chi connectivity index (χ1v) is 28.2. The van der Waals surface area contributed by atoms with E-state index < -0.39 is 25.0 Å². The van der Waals surface area contributed by atoms with E-state index in [2.05, 4.69) is 35.7 Å². The number of methoxy groups -OCH3 is 3. The van der Waals surface area contributed by atoms with Crippen LogP contribution in [0.3, 0.4) is 0 Å². The number of phenolic OH excluding ortho intramolecular Hbond substituents is 4. The number of halogens is 1. The van der Waals surface area contributed by atoms with E-state index in [1.165, 1.54) is 14.0 Å². The summed E-state index contributed by atoms with van der Waals surface area (Å²) in [6.45, 7) is 19.3. The topological polar surface area (TPSA) is 248 Å². The zero-order valence-corrected chi connectivity index (χ0v) is 52.7. The smallest absolute Gasteiger partial charge is 0.488 e. The summed E-state index contributed by atoms with van der Waals surface area (Å²) < 4.78 is 33.1. The van der Waals surface area contributed by atoms with E-state index >= 15 is 0 Å². The number of carboxylic acid groups (broad SMARTS) is 1. The van der Waals surface area contributed by atoms with Crippen molar-refractivity contribution in [2.75, 3.05) is 21.3 Å². The van der Waals surface area contributed by atoms with Gasteiger partial charge >= 0.3 is 25.0 Å². The number of carbonyl (C=O) groups excluding carboxylic acids is 2. The molecule has 90 heavy (non-hydrogen) atoms. The SMILES string of the molecule is C=C(C)C(=O)O.C=C(C)C(=O)Oc1ccc(-c2ccc(OC(=O)C(=C)C)cc2OC)cc1.COc1cc(O)ccc1-c1ccc(O)cc1.COc1cc(O)ccc1-c1ccc(OCc2ccccc2)cc1.Cc1cc(O)ccc1Br.Cc1ccc(B(O)O)cc1. The van der Waals surface area contributed by atoms with Gasteiger partial charge in [0.25, 0.3) is 0 Å². The van der Waals surface area contributed by atoms with Gasteiger partial charge in [0.2, 0.25) is 0 Å². The largest absolute Gasteiger partial charge is 0.508 e. The fourth-order valence-electron chi connectivity index (χ4n) is 7.38. The summed E-state index contributed by atoms with van der Waals surface area (Å²) >= 11 is 3.32. The van der Waals surface area contributed by atoms with Crippen molar-refractivity contribution < 1.29 is 78.4 Å². The summed E-state index contributed by atoms with van der Waals surface area (Å²) in [7, 11) is 3.33. The van der Waals surface area contributed by atoms with Crippen LogP contribution in [0.4, 0.5) is 0 Å². The van der Waals surface area contributed by atoms with Gasteiger partial charge in [0.1, 0.15) is 64.1 Å². The van der Waals surface area contributed by atoms with Crippen LogP contribution in [0.25, 0.3) is 33.4 Å². The van der Waals surface area contributed by atoms with Gasteiger partial charge in [0.15, 0.2) is 0 Å². The predicted molar refractivity (Wildman–Crippen MR) is 356 cm³/mol. The van der Waals surface area contributed by atoms with Crippen LogP contribution < -0.4 is 33.9 Å². The van der Waals surface area contributed by atoms with Gasteiger partial charge in [-0.2, -0.15) is 0 Å². The van der Waals surface area contributed by atoms with E-state index in [4.69, 9.17) is 48.7 Å². The average Bonchev–Trinajstić information content (AvgIpc) is 1.16. The molecule has 0 fully saturated rings. The normalized spacial score (nSPS) is 9.81. The molecule has 0 aromatic heterocycles. The average molecular weight is 1280 g/mol. The van der Waals surface area contributed by atoms with Crippen LogP contribution in [0.2, 0.25) is 0 Å². The highest BCUT2D eigenvalue weighted by molar-refractivity contribution is 9.10. The van der Waals surface area contributed by atoms with E-state index in [0.29, 0.717) is 57.7 Å². The Morgan fingerprint density at radius 2 is 0.833 bits per heavy atom. The molecule has 0 saturated carbocycles. The number of aliphatic carboxylic acids is 1. The van der Waals surface area contributed by atoms with Crippen LogP contribution in [-0.4, -0.2) is 81.9 Å². The summed E-state index contributed by atoms with van der Waals surface area (Å²) in [5.74, 6) is 2.38. The van der Waals surface area contributed by atoms with Crippen LogP contribution in [-0.2, 0) is 21.0 Å². The molecule has 0 aliphatic heterocycles. The van der Waals surface area contributed by atoms with E-state index in [0.717, 1.165) is 60.3 Å². The molecule has 0 atom stereocenters. The molecule has 16 nitrogen and oxygen atoms in total. The van der Waals surface area contributed by atoms with E-state index in [9.17, 15) is 29.7 Å². The van der Waals surface area contributed by atoms with E-state index in [-0.39, 0.29) is 22.8 Å². The number of benzene rings is 9. The van der Waals surface area contributed by atoms with Crippen LogP contribution in [0.15, 0.2) is 241 Å². The third kappa shape index (κ3) is 24.3. The summed E-state index contributed by atoms with van der Waals surface area (Å²) in [6.07, 6.45) is 0. The molecule has 0 amide bonds. The Morgan fingerprint density at radius 3 is 1.24 bits per heavy atom. The molecular formula is C72H72BBrO16. The first kappa shape index (κ1) is 72.0. The molecule has 9 aromatic carbocycles. The molecule has 18 heteroatoms. The molecular weight excluding hydrogens is 1210 g/mol. The minimum absolute atomic E-state index is 0.166. The summed E-state index contributed by atoms with van der Waals surface area (Å²) in [4.78, 5) is 32.8. The molecule has 9 rings (SSSR count). The number of aryl methyl sites for hydroxylation is 2. The van der Waals surface area contributed by atoms with Crippen LogP contribution in [0.5, 0.6) is 57.5 Å². The van der Waals surface area contributed by atoms with Gasteiger partial charge in [0.05, 0.1) is 21.3 Å². The monoisotopic (exact) mass is 1280 g/mol. The van der Waals surface area contributed by atoms with Gasteiger partial charge in [-0.05, 0) is 159 Å². The lowest BCUT2D eigenvalue weighted by atomic mass is 9.80. The van der Waals surface area contributed by atoms with E-state index in [1.807, 2.05) is 92.7 Å². The minimum atomic E-state index is -1.35. The fourth-order valence-corrected chi connectivity index (χ4v) is 7.63. The van der Waals surface area contributed by atoms with Crippen molar-refractivity contribution in [3.63, 3.8) is 0 Å². The zero-order valence-electron chi connectivity index (χ0n) is 51.1. The van der Waals surface area contributed by atoms with Crippen molar-refractivity contribution in [3.8, 4) is 90.9 Å². The highest BCUT2D eigenvalue weighted by Gasteiger charge is 2.14. The summed E-state index contributed by atoms with van der Waals surface area (Å²) in [5.41, 5.74) is 10.1. The molecule has 0 heterocycles. The van der Waals surface area contributed by atoms with Gasteiger partial charge in [-0.25, -0.2) is 14.4 Å². The van der Waals surface area contributed by atoms with Gasteiger partial charge in [-0.1, -0.05) is 132 Å². The third-order valence-corrected chi connectivity index (χ3v) is 13.2. The fraction of sp³-hybridized carbons (Fsp3) is 0.125. The van der Waals surface area contributed by atoms with Gasteiger partial charge < -0.3 is 64.0 Å². The maximum Gasteiger partial charge on any atom is 0.488 e. The van der Waals surface area contributed by atoms with Crippen LogP contribution in [0.1, 0.15) is 37.5 Å². The number of esters is 2. The second-order valence-electron chi connectivity index (χ2n) is 19.6. The van der Waals surface area contributed by atoms with Crippen molar-refractivity contribution in [2.24, 2.45) is 0 Å². The maximum atomic E-state index is 11.6. The molecule has 0 aliphatic rings. The summed E-state index contributed by atoms with van der Waals surface area (Å²) in [5, 5.41) is 62.2. The minimum Gasteiger partial charge on any atom is -0.508 e. The lowest BCUT2D eigenvalue weighted by Crippen LogP contribution is -2.29. The lowest BCUT2D eigenvalue weighted by molar-refractivity contribution is -0.133. The Balaban J connectivity index is 0.000000246. The Kier molecular flexibility index (Phi) is 29.2. The number of hydrogen-bond donors (Lipinski definition) is 7. The number of aromatic hydroxyl groups is 4. The second-order valence-corrected chi connectivity index (χ2v) is 20.5. The molecule has 0 aliphatic carbocycles. The first-order valence-electron chi connectivity index (χ1n) is 27.4. The van der Waals surface area contributed by atoms with E-state index in [1.54, 1.807) is 149 Å². The Bertz CT molecular complexity index is 3800. The van der Waals surface area contributed by atoms with Crippen LogP contribution in [0, 0.1) is 13.8 Å². The summed E-state index contributed by atoms with van der Waals surface area (Å²) in [6, 6.07) is 59.1. The third-order valence-electron chi connectivity index (χ3n) is 12.3. The number of ether oxygens (including phenoxy) is 6. The van der Waals surface area contributed by atoms with Gasteiger partial charge in [0, 0.05) is 56.1 Å². The quantitative estimate of drug-likeness (QED) is 0.0218. The zero-order chi connectivity index (χ0) is 66.5. The predicted octanol–water partition coefficient (Wildman–Crippen LogP) is 14.5. The Morgan fingerprint density at radius 1 is 0.456 bits per heavy atom. The Labute approximate surface area is 533 Å². The number of hydrogen-bond acceptors (Lipinski definition) is 15. The molecule has 466 valence electrons. The van der Waals surface area contributed by atoms with Crippen molar-refractivity contribution in [1.82, 2.24) is 0 Å². The highest BCUT2D eigenvalue weighted by Crippen LogP contribution is 2.37. The molecule has 0 bridgehead atoms. The standard InChI is InChI=1S/C21H20O5.C20H18O3.C13H12O3.C7H9BO2.C7H7BrO.C4H6O2/c1-13(2)20(22)25-16-8-6-15(7-9-16)18-11-10-17(12-19(18)24-5)26-21(23)14(3)4;1-22-20-13-17(21)9-12-19(20)16-7-10-18(11-8-16)23-14-15-5-3-2-4-6-15;1-16-13-8-11(15)6-7-12(13)9-2-4-10(14)5-3-9;1-6-2-4-7(5-3-6)8(9)10;1-5-4-6(9)2-3-7(5)8;1-3(2)4(5)6/h6-12H,1,3H2,2,4-5H3;2-13,21H,14H2,1H3;2-8,14-15H,1H3;2-5,9-10H,1H3;2-4,9H,1H3;1H2,2H3,(H,5,6). The van der Waals surface area contributed by atoms with Crippen molar-refractivity contribution >= 4 is 46.4 Å². The lowest BCUT2D eigenvalue weighted by Gasteiger charge is -2.12. The van der Waals surface area contributed by atoms with Gasteiger partial charge in [-0.15, -0.1) is 0 Å². The molecule has 0 spiro atoms. The Hall–Kier alpha value is -10.5. The van der Waals surface area contributed by atoms with Crippen LogP contribution >= 0.6 is 15.9 Å². The number of phenols is 4. The first-order chi connectivity index (χ1) is 42.8. The molecule has 0 unspecified atom stereocenters.